The maximum absolute atomic E-state index is 11.5. The van der Waals surface area contributed by atoms with Crippen LogP contribution in [0.3, 0.4) is 0 Å². The Morgan fingerprint density at radius 2 is 1.79 bits per heavy atom. The minimum absolute atomic E-state index is 0.191. The van der Waals surface area contributed by atoms with Crippen LogP contribution in [0.15, 0.2) is 24.3 Å². The molecule has 0 bridgehead atoms. The largest absolute Gasteiger partial charge is 0.349 e. The van der Waals surface area contributed by atoms with Gasteiger partial charge in [-0.3, -0.25) is 4.79 Å². The van der Waals surface area contributed by atoms with Gasteiger partial charge in [0.15, 0.2) is 0 Å². The molecule has 19 heavy (non-hydrogen) atoms. The summed E-state index contributed by atoms with van der Waals surface area (Å²) in [7, 11) is 5.67. The van der Waals surface area contributed by atoms with E-state index in [4.69, 9.17) is 5.73 Å². The highest BCUT2D eigenvalue weighted by atomic mass is 16.2. The molecule has 106 valence electrons. The Balaban J connectivity index is 2.39. The van der Waals surface area contributed by atoms with Crippen LogP contribution in [0.25, 0.3) is 0 Å². The van der Waals surface area contributed by atoms with Gasteiger partial charge in [-0.05, 0) is 31.1 Å². The average Bonchev–Trinajstić information content (AvgIpc) is 2.39. The molecule has 0 aliphatic carbocycles. The monoisotopic (exact) mass is 263 g/mol. The van der Waals surface area contributed by atoms with Crippen LogP contribution in [-0.4, -0.2) is 43.4 Å². The van der Waals surface area contributed by atoms with Crippen molar-refractivity contribution in [1.29, 1.82) is 0 Å². The first-order chi connectivity index (χ1) is 9.04. The number of amides is 1. The average molecular weight is 263 g/mol. The standard InChI is InChI=1S/C15H25N3O/c1-17(2)15(19)9-6-10-18(3)12-14-8-5-4-7-13(14)11-16/h4-5,7-8H,6,9-12,16H2,1-3H3. The molecule has 0 saturated carbocycles. The summed E-state index contributed by atoms with van der Waals surface area (Å²) in [4.78, 5) is 15.4. The second-order valence-corrected chi connectivity index (χ2v) is 5.10. The minimum Gasteiger partial charge on any atom is -0.349 e. The molecule has 0 atom stereocenters. The molecular weight excluding hydrogens is 238 g/mol. The highest BCUT2D eigenvalue weighted by molar-refractivity contribution is 5.75. The van der Waals surface area contributed by atoms with E-state index < -0.39 is 0 Å². The van der Waals surface area contributed by atoms with Crippen molar-refractivity contribution in [3.8, 4) is 0 Å². The molecule has 2 N–H and O–H groups in total. The molecule has 0 heterocycles. The summed E-state index contributed by atoms with van der Waals surface area (Å²) < 4.78 is 0. The Hall–Kier alpha value is -1.39. The van der Waals surface area contributed by atoms with Crippen molar-refractivity contribution in [2.45, 2.75) is 25.9 Å². The van der Waals surface area contributed by atoms with Gasteiger partial charge in [0.25, 0.3) is 0 Å². The number of nitrogens with zero attached hydrogens (tertiary/aromatic N) is 2. The summed E-state index contributed by atoms with van der Waals surface area (Å²) >= 11 is 0. The van der Waals surface area contributed by atoms with Crippen molar-refractivity contribution in [1.82, 2.24) is 9.80 Å². The maximum Gasteiger partial charge on any atom is 0.222 e. The van der Waals surface area contributed by atoms with Crippen molar-refractivity contribution in [3.63, 3.8) is 0 Å². The number of carbonyl (C=O) groups excluding carboxylic acids is 1. The molecule has 0 aliphatic rings. The van der Waals surface area contributed by atoms with Crippen LogP contribution in [-0.2, 0) is 17.9 Å². The molecule has 1 amide bonds. The number of benzene rings is 1. The van der Waals surface area contributed by atoms with Crippen molar-refractivity contribution in [2.24, 2.45) is 5.73 Å². The predicted octanol–water partition coefficient (Wildman–Crippen LogP) is 1.45. The van der Waals surface area contributed by atoms with E-state index in [0.717, 1.165) is 19.5 Å². The molecule has 0 aromatic heterocycles. The van der Waals surface area contributed by atoms with Crippen LogP contribution < -0.4 is 5.73 Å². The summed E-state index contributed by atoms with van der Waals surface area (Å²) in [5.74, 6) is 0.191. The molecule has 1 rings (SSSR count). The van der Waals surface area contributed by atoms with Crippen LogP contribution in [0.2, 0.25) is 0 Å². The van der Waals surface area contributed by atoms with Crippen molar-refractivity contribution >= 4 is 5.91 Å². The lowest BCUT2D eigenvalue weighted by molar-refractivity contribution is -0.128. The molecule has 1 aromatic carbocycles. The van der Waals surface area contributed by atoms with E-state index in [0.29, 0.717) is 13.0 Å². The van der Waals surface area contributed by atoms with Crippen LogP contribution in [0.1, 0.15) is 24.0 Å². The van der Waals surface area contributed by atoms with Crippen molar-refractivity contribution in [3.05, 3.63) is 35.4 Å². The molecule has 0 aliphatic heterocycles. The highest BCUT2D eigenvalue weighted by Crippen LogP contribution is 2.10. The van der Waals surface area contributed by atoms with Gasteiger partial charge in [-0.1, -0.05) is 24.3 Å². The van der Waals surface area contributed by atoms with E-state index >= 15 is 0 Å². The SMILES string of the molecule is CN(CCCC(=O)N(C)C)Cc1ccccc1CN. The van der Waals surface area contributed by atoms with Crippen LogP contribution in [0.4, 0.5) is 0 Å². The number of hydrogen-bond acceptors (Lipinski definition) is 3. The zero-order valence-electron chi connectivity index (χ0n) is 12.2. The van der Waals surface area contributed by atoms with Crippen molar-refractivity contribution < 1.29 is 4.79 Å². The quantitative estimate of drug-likeness (QED) is 0.810. The fourth-order valence-electron chi connectivity index (χ4n) is 2.00. The Labute approximate surface area is 116 Å². The summed E-state index contributed by atoms with van der Waals surface area (Å²) in [6.45, 7) is 2.37. The second kappa shape index (κ2) is 7.92. The normalized spacial score (nSPS) is 10.8. The van der Waals surface area contributed by atoms with Gasteiger partial charge in [-0.2, -0.15) is 0 Å². The molecule has 1 aromatic rings. The Bertz CT molecular complexity index is 404. The van der Waals surface area contributed by atoms with E-state index in [1.165, 1.54) is 11.1 Å². The van der Waals surface area contributed by atoms with E-state index in [1.807, 2.05) is 12.1 Å². The summed E-state index contributed by atoms with van der Waals surface area (Å²) in [6.07, 6.45) is 1.49. The fraction of sp³-hybridized carbons (Fsp3) is 0.533. The van der Waals surface area contributed by atoms with Gasteiger partial charge in [0.1, 0.15) is 0 Å². The third-order valence-corrected chi connectivity index (χ3v) is 3.21. The lowest BCUT2D eigenvalue weighted by Crippen LogP contribution is -2.24. The number of hydrogen-bond donors (Lipinski definition) is 1. The first kappa shape index (κ1) is 15.7. The maximum atomic E-state index is 11.5. The number of rotatable bonds is 7. The number of nitrogens with two attached hydrogens (primary N) is 1. The van der Waals surface area contributed by atoms with Gasteiger partial charge in [0.2, 0.25) is 5.91 Å². The zero-order valence-corrected chi connectivity index (χ0v) is 12.2. The first-order valence-corrected chi connectivity index (χ1v) is 6.70. The highest BCUT2D eigenvalue weighted by Gasteiger charge is 2.07. The lowest BCUT2D eigenvalue weighted by Gasteiger charge is -2.19. The molecule has 0 fully saturated rings. The van der Waals surface area contributed by atoms with Crippen LogP contribution >= 0.6 is 0 Å². The third kappa shape index (κ3) is 5.41. The van der Waals surface area contributed by atoms with Gasteiger partial charge in [0.05, 0.1) is 0 Å². The van der Waals surface area contributed by atoms with Gasteiger partial charge in [-0.15, -0.1) is 0 Å². The van der Waals surface area contributed by atoms with E-state index in [2.05, 4.69) is 24.1 Å². The van der Waals surface area contributed by atoms with Gasteiger partial charge in [0, 0.05) is 33.6 Å². The Kier molecular flexibility index (Phi) is 6.53. The topological polar surface area (TPSA) is 49.6 Å². The molecule has 4 nitrogen and oxygen atoms in total. The van der Waals surface area contributed by atoms with Gasteiger partial charge in [-0.25, -0.2) is 0 Å². The second-order valence-electron chi connectivity index (χ2n) is 5.10. The summed E-state index contributed by atoms with van der Waals surface area (Å²) in [6, 6.07) is 8.24. The third-order valence-electron chi connectivity index (χ3n) is 3.21. The first-order valence-electron chi connectivity index (χ1n) is 6.70. The van der Waals surface area contributed by atoms with Crippen molar-refractivity contribution in [2.75, 3.05) is 27.7 Å². The zero-order chi connectivity index (χ0) is 14.3. The smallest absolute Gasteiger partial charge is 0.222 e. The molecule has 4 heteroatoms. The van der Waals surface area contributed by atoms with E-state index in [-0.39, 0.29) is 5.91 Å². The Morgan fingerprint density at radius 1 is 1.16 bits per heavy atom. The van der Waals surface area contributed by atoms with Crippen LogP contribution in [0.5, 0.6) is 0 Å². The Morgan fingerprint density at radius 3 is 2.37 bits per heavy atom. The number of carbonyl (C=O) groups is 1. The lowest BCUT2D eigenvalue weighted by atomic mass is 10.1. The van der Waals surface area contributed by atoms with Gasteiger partial charge < -0.3 is 15.5 Å². The predicted molar refractivity (Wildman–Crippen MR) is 78.6 cm³/mol. The van der Waals surface area contributed by atoms with E-state index in [1.54, 1.807) is 19.0 Å². The van der Waals surface area contributed by atoms with Gasteiger partial charge >= 0.3 is 0 Å². The van der Waals surface area contributed by atoms with E-state index in [9.17, 15) is 4.79 Å². The molecule has 0 spiro atoms. The molecule has 0 radical (unpaired) electrons. The molecule has 0 unspecified atom stereocenters. The minimum atomic E-state index is 0.191. The summed E-state index contributed by atoms with van der Waals surface area (Å²) in [5.41, 5.74) is 8.19. The van der Waals surface area contributed by atoms with Crippen LogP contribution in [0, 0.1) is 0 Å². The molecular formula is C15H25N3O. The molecule has 0 saturated heterocycles. The fourth-order valence-corrected chi connectivity index (χ4v) is 2.00. The summed E-state index contributed by atoms with van der Waals surface area (Å²) in [5, 5.41) is 0.